The van der Waals surface area contributed by atoms with Crippen molar-refractivity contribution in [2.75, 3.05) is 5.32 Å². The molecule has 3 aromatic heterocycles. The third-order valence-corrected chi connectivity index (χ3v) is 4.21. The molecule has 5 rings (SSSR count). The van der Waals surface area contributed by atoms with E-state index in [0.717, 1.165) is 33.2 Å². The average Bonchev–Trinajstić information content (AvgIpc) is 3.30. The van der Waals surface area contributed by atoms with Gasteiger partial charge in [-0.25, -0.2) is 14.4 Å². The maximum absolute atomic E-state index is 13.2. The Morgan fingerprint density at radius 2 is 1.85 bits per heavy atom. The number of benzene rings is 2. The lowest BCUT2D eigenvalue weighted by Gasteiger charge is -2.09. The number of aromatic amines is 2. The third kappa shape index (κ3) is 2.46. The minimum absolute atomic E-state index is 0.289. The number of nitrogens with zero attached hydrogens (tertiary/aromatic N) is 3. The van der Waals surface area contributed by atoms with Gasteiger partial charge in [0.05, 0.1) is 17.2 Å². The van der Waals surface area contributed by atoms with Gasteiger partial charge in [-0.15, -0.1) is 0 Å². The quantitative estimate of drug-likeness (QED) is 0.453. The molecule has 0 amide bonds. The van der Waals surface area contributed by atoms with Crippen LogP contribution in [0.3, 0.4) is 0 Å². The van der Waals surface area contributed by atoms with Crippen molar-refractivity contribution in [1.82, 2.24) is 25.1 Å². The highest BCUT2D eigenvalue weighted by molar-refractivity contribution is 5.91. The van der Waals surface area contributed by atoms with Crippen LogP contribution in [0.1, 0.15) is 0 Å². The molecule has 0 aliphatic carbocycles. The highest BCUT2D eigenvalue weighted by atomic mass is 19.1. The molecule has 3 N–H and O–H groups in total. The number of hydrogen-bond acceptors (Lipinski definition) is 4. The molecule has 0 saturated heterocycles. The molecule has 7 heteroatoms. The van der Waals surface area contributed by atoms with Gasteiger partial charge in [0.2, 0.25) is 0 Å². The lowest BCUT2D eigenvalue weighted by Crippen LogP contribution is -1.99. The van der Waals surface area contributed by atoms with Gasteiger partial charge in [0.15, 0.2) is 11.6 Å². The fraction of sp³-hybridized carbons (Fsp3) is 0. The Labute approximate surface area is 147 Å². The smallest absolute Gasteiger partial charge is 0.162 e. The standard InChI is InChI=1S/C19H13FN6/c20-13-3-1-11(2-4-13)18-24-16-7-8-21-17(16)19(25-18)23-14-5-6-15-12(9-14)10-22-26-15/h1-10,21H,(H,22,26)(H,23,24,25). The molecule has 6 nitrogen and oxygen atoms in total. The van der Waals surface area contributed by atoms with Gasteiger partial charge in [-0.3, -0.25) is 5.10 Å². The number of hydrogen-bond donors (Lipinski definition) is 3. The van der Waals surface area contributed by atoms with Gasteiger partial charge >= 0.3 is 0 Å². The van der Waals surface area contributed by atoms with E-state index < -0.39 is 0 Å². The summed E-state index contributed by atoms with van der Waals surface area (Å²) in [5.41, 5.74) is 4.20. The van der Waals surface area contributed by atoms with Crippen LogP contribution < -0.4 is 5.32 Å². The highest BCUT2D eigenvalue weighted by Crippen LogP contribution is 2.27. The first-order valence-corrected chi connectivity index (χ1v) is 8.07. The van der Waals surface area contributed by atoms with Crippen LogP contribution in [0, 0.1) is 5.82 Å². The Hall–Kier alpha value is -3.74. The second kappa shape index (κ2) is 5.66. The molecule has 0 aliphatic heterocycles. The molecule has 26 heavy (non-hydrogen) atoms. The monoisotopic (exact) mass is 344 g/mol. The summed E-state index contributed by atoms with van der Waals surface area (Å²) in [6.45, 7) is 0. The molecule has 3 heterocycles. The highest BCUT2D eigenvalue weighted by Gasteiger charge is 2.11. The second-order valence-electron chi connectivity index (χ2n) is 5.94. The Morgan fingerprint density at radius 1 is 0.962 bits per heavy atom. The Balaban J connectivity index is 1.61. The van der Waals surface area contributed by atoms with E-state index >= 15 is 0 Å². The van der Waals surface area contributed by atoms with Crippen LogP contribution in [0.2, 0.25) is 0 Å². The summed E-state index contributed by atoms with van der Waals surface area (Å²) in [6, 6.07) is 13.9. The van der Waals surface area contributed by atoms with E-state index in [9.17, 15) is 4.39 Å². The summed E-state index contributed by atoms with van der Waals surface area (Å²) >= 11 is 0. The van der Waals surface area contributed by atoms with Gasteiger partial charge in [0.1, 0.15) is 11.3 Å². The third-order valence-electron chi connectivity index (χ3n) is 4.21. The van der Waals surface area contributed by atoms with Crippen LogP contribution in [0.15, 0.2) is 60.9 Å². The lowest BCUT2D eigenvalue weighted by molar-refractivity contribution is 0.628. The minimum atomic E-state index is -0.289. The van der Waals surface area contributed by atoms with Gasteiger partial charge in [-0.05, 0) is 48.5 Å². The van der Waals surface area contributed by atoms with Crippen LogP contribution in [0.25, 0.3) is 33.3 Å². The summed E-state index contributed by atoms with van der Waals surface area (Å²) in [6.07, 6.45) is 3.59. The predicted octanol–water partition coefficient (Wildman–Crippen LogP) is 4.38. The molecule has 0 unspecified atom stereocenters. The largest absolute Gasteiger partial charge is 0.357 e. The zero-order valence-corrected chi connectivity index (χ0v) is 13.5. The maximum Gasteiger partial charge on any atom is 0.162 e. The number of fused-ring (bicyclic) bond motifs is 2. The molecule has 5 aromatic rings. The predicted molar refractivity (Wildman–Crippen MR) is 98.7 cm³/mol. The molecule has 0 radical (unpaired) electrons. The topological polar surface area (TPSA) is 82.3 Å². The molecule has 2 aromatic carbocycles. The number of H-pyrrole nitrogens is 2. The summed E-state index contributed by atoms with van der Waals surface area (Å²) in [4.78, 5) is 12.4. The average molecular weight is 344 g/mol. The Bertz CT molecular complexity index is 1220. The van der Waals surface area contributed by atoms with Gasteiger partial charge < -0.3 is 10.3 Å². The normalized spacial score (nSPS) is 11.3. The molecule has 0 fully saturated rings. The van der Waals surface area contributed by atoms with Crippen molar-refractivity contribution in [3.8, 4) is 11.4 Å². The van der Waals surface area contributed by atoms with Crippen LogP contribution in [0.5, 0.6) is 0 Å². The number of rotatable bonds is 3. The fourth-order valence-corrected chi connectivity index (χ4v) is 2.92. The minimum Gasteiger partial charge on any atom is -0.357 e. The zero-order chi connectivity index (χ0) is 17.5. The van der Waals surface area contributed by atoms with Crippen LogP contribution in [-0.4, -0.2) is 25.1 Å². The first-order chi connectivity index (χ1) is 12.8. The van der Waals surface area contributed by atoms with Gasteiger partial charge in [0, 0.05) is 22.8 Å². The van der Waals surface area contributed by atoms with E-state index in [0.29, 0.717) is 11.6 Å². The molecule has 0 atom stereocenters. The molecule has 0 saturated carbocycles. The van der Waals surface area contributed by atoms with Crippen molar-refractivity contribution in [1.29, 1.82) is 0 Å². The molecular formula is C19H13FN6. The summed E-state index contributed by atoms with van der Waals surface area (Å²) in [7, 11) is 0. The molecule has 0 bridgehead atoms. The van der Waals surface area contributed by atoms with E-state index in [4.69, 9.17) is 0 Å². The second-order valence-corrected chi connectivity index (χ2v) is 5.94. The van der Waals surface area contributed by atoms with E-state index in [-0.39, 0.29) is 5.82 Å². The molecule has 126 valence electrons. The molecule has 0 aliphatic rings. The van der Waals surface area contributed by atoms with Crippen molar-refractivity contribution < 1.29 is 4.39 Å². The van der Waals surface area contributed by atoms with Crippen molar-refractivity contribution in [3.63, 3.8) is 0 Å². The SMILES string of the molecule is Fc1ccc(-c2nc(Nc3ccc4[nH]ncc4c3)c3[nH]ccc3n2)cc1. The summed E-state index contributed by atoms with van der Waals surface area (Å²) in [5.74, 6) is 0.898. The lowest BCUT2D eigenvalue weighted by atomic mass is 10.2. The zero-order valence-electron chi connectivity index (χ0n) is 13.5. The number of nitrogens with one attached hydrogen (secondary N) is 3. The van der Waals surface area contributed by atoms with E-state index in [1.54, 1.807) is 18.3 Å². The number of halogens is 1. The van der Waals surface area contributed by atoms with Gasteiger partial charge in [-0.1, -0.05) is 0 Å². The Morgan fingerprint density at radius 3 is 2.73 bits per heavy atom. The first-order valence-electron chi connectivity index (χ1n) is 8.07. The van der Waals surface area contributed by atoms with Crippen molar-refractivity contribution in [2.24, 2.45) is 0 Å². The number of anilines is 2. The van der Waals surface area contributed by atoms with Crippen molar-refractivity contribution in [3.05, 3.63) is 66.7 Å². The van der Waals surface area contributed by atoms with Crippen LogP contribution >= 0.6 is 0 Å². The summed E-state index contributed by atoms with van der Waals surface area (Å²) < 4.78 is 13.2. The van der Waals surface area contributed by atoms with Crippen LogP contribution in [-0.2, 0) is 0 Å². The summed E-state index contributed by atoms with van der Waals surface area (Å²) in [5, 5.41) is 11.3. The van der Waals surface area contributed by atoms with Gasteiger partial charge in [0.25, 0.3) is 0 Å². The van der Waals surface area contributed by atoms with Gasteiger partial charge in [-0.2, -0.15) is 5.10 Å². The van der Waals surface area contributed by atoms with E-state index in [2.05, 4.69) is 30.5 Å². The van der Waals surface area contributed by atoms with E-state index in [1.807, 2.05) is 30.5 Å². The Kier molecular flexibility index (Phi) is 3.18. The number of aromatic nitrogens is 5. The molecular weight excluding hydrogens is 331 g/mol. The van der Waals surface area contributed by atoms with E-state index in [1.165, 1.54) is 12.1 Å². The van der Waals surface area contributed by atoms with Crippen molar-refractivity contribution >= 4 is 33.4 Å². The molecule has 0 spiro atoms. The fourth-order valence-electron chi connectivity index (χ4n) is 2.92. The van der Waals surface area contributed by atoms with Crippen molar-refractivity contribution in [2.45, 2.75) is 0 Å². The van der Waals surface area contributed by atoms with Crippen LogP contribution in [0.4, 0.5) is 15.9 Å². The maximum atomic E-state index is 13.2. The first kappa shape index (κ1) is 14.6.